The number of aromatic nitrogens is 5. The lowest BCUT2D eigenvalue weighted by molar-refractivity contribution is 0.623. The number of hydrogen-bond acceptors (Lipinski definition) is 5. The zero-order valence-electron chi connectivity index (χ0n) is 10.2. The van der Waals surface area contributed by atoms with Crippen molar-refractivity contribution in [3.63, 3.8) is 0 Å². The smallest absolute Gasteiger partial charge is 0.200 e. The summed E-state index contributed by atoms with van der Waals surface area (Å²) in [6.07, 6.45) is 0. The van der Waals surface area contributed by atoms with Crippen molar-refractivity contribution in [2.45, 2.75) is 13.0 Å². The van der Waals surface area contributed by atoms with E-state index < -0.39 is 0 Å². The molecule has 2 aromatic heterocycles. The highest BCUT2D eigenvalue weighted by Gasteiger charge is 2.08. The third kappa shape index (κ3) is 2.35. The Morgan fingerprint density at radius 1 is 1.26 bits per heavy atom. The quantitative estimate of drug-likeness (QED) is 0.776. The minimum atomic E-state index is -0.255. The molecule has 3 aromatic rings. The zero-order valence-corrected chi connectivity index (χ0v) is 10.2. The summed E-state index contributed by atoms with van der Waals surface area (Å²) in [6, 6.07) is 9.92. The third-order valence-corrected chi connectivity index (χ3v) is 2.78. The van der Waals surface area contributed by atoms with Crippen LogP contribution in [0.4, 0.5) is 10.2 Å². The summed E-state index contributed by atoms with van der Waals surface area (Å²) < 4.78 is 14.5. The van der Waals surface area contributed by atoms with Crippen LogP contribution < -0.4 is 5.32 Å². The molecule has 0 fully saturated rings. The largest absolute Gasteiger partial charge is 0.362 e. The maximum atomic E-state index is 13.2. The molecule has 1 N–H and O–H groups in total. The summed E-state index contributed by atoms with van der Waals surface area (Å²) in [7, 11) is 0. The van der Waals surface area contributed by atoms with Crippen LogP contribution >= 0.6 is 0 Å². The van der Waals surface area contributed by atoms with E-state index in [1.54, 1.807) is 18.2 Å². The van der Waals surface area contributed by atoms with Crippen LogP contribution in [-0.4, -0.2) is 25.3 Å². The first-order valence-corrected chi connectivity index (χ1v) is 5.80. The van der Waals surface area contributed by atoms with Crippen molar-refractivity contribution in [2.24, 2.45) is 0 Å². The highest BCUT2D eigenvalue weighted by atomic mass is 19.1. The lowest BCUT2D eigenvalue weighted by Crippen LogP contribution is -2.10. The Bertz CT molecular complexity index is 710. The number of nitrogens with zero attached hydrogens (tertiary/aromatic N) is 5. The van der Waals surface area contributed by atoms with Gasteiger partial charge in [0, 0.05) is 0 Å². The first-order chi connectivity index (χ1) is 9.22. The number of hydrogen-bond donors (Lipinski definition) is 1. The molecule has 96 valence electrons. The van der Waals surface area contributed by atoms with Crippen molar-refractivity contribution < 1.29 is 4.39 Å². The minimum Gasteiger partial charge on any atom is -0.362 e. The fraction of sp³-hybridized carbons (Fsp3) is 0.167. The molecule has 0 spiro atoms. The monoisotopic (exact) mass is 258 g/mol. The second-order valence-corrected chi connectivity index (χ2v) is 4.17. The van der Waals surface area contributed by atoms with Gasteiger partial charge in [0.25, 0.3) is 0 Å². The number of anilines is 1. The lowest BCUT2D eigenvalue weighted by Gasteiger charge is -2.14. The molecule has 2 heterocycles. The first kappa shape index (κ1) is 11.5. The average molecular weight is 258 g/mol. The Hall–Kier alpha value is -2.57. The van der Waals surface area contributed by atoms with E-state index in [1.165, 1.54) is 16.8 Å². The van der Waals surface area contributed by atoms with E-state index in [2.05, 4.69) is 25.9 Å². The number of fused-ring (bicyclic) bond motifs is 1. The fourth-order valence-electron chi connectivity index (χ4n) is 1.81. The second kappa shape index (κ2) is 4.60. The van der Waals surface area contributed by atoms with E-state index >= 15 is 0 Å². The van der Waals surface area contributed by atoms with E-state index in [4.69, 9.17) is 0 Å². The van der Waals surface area contributed by atoms with Gasteiger partial charge in [0.2, 0.25) is 0 Å². The number of nitrogens with one attached hydrogen (secondary N) is 1. The van der Waals surface area contributed by atoms with E-state index in [0.717, 1.165) is 5.56 Å². The molecular formula is C12H11FN6. The van der Waals surface area contributed by atoms with Gasteiger partial charge in [-0.15, -0.1) is 14.8 Å². The number of benzene rings is 1. The molecule has 0 radical (unpaired) electrons. The van der Waals surface area contributed by atoms with Gasteiger partial charge < -0.3 is 5.32 Å². The highest BCUT2D eigenvalue weighted by molar-refractivity contribution is 5.43. The summed E-state index contributed by atoms with van der Waals surface area (Å²) >= 11 is 0. The summed E-state index contributed by atoms with van der Waals surface area (Å²) in [5.74, 6) is 0.367. The van der Waals surface area contributed by atoms with Gasteiger partial charge in [-0.1, -0.05) is 12.1 Å². The molecule has 0 saturated carbocycles. The van der Waals surface area contributed by atoms with Gasteiger partial charge in [0.05, 0.1) is 6.04 Å². The maximum absolute atomic E-state index is 13.2. The summed E-state index contributed by atoms with van der Waals surface area (Å²) in [5, 5.41) is 18.4. The predicted molar refractivity (Wildman–Crippen MR) is 67.0 cm³/mol. The van der Waals surface area contributed by atoms with Gasteiger partial charge in [0.1, 0.15) is 11.6 Å². The van der Waals surface area contributed by atoms with E-state index in [9.17, 15) is 4.39 Å². The molecule has 7 heteroatoms. The molecule has 0 aliphatic carbocycles. The van der Waals surface area contributed by atoms with Crippen molar-refractivity contribution in [1.29, 1.82) is 0 Å². The lowest BCUT2D eigenvalue weighted by atomic mass is 10.1. The van der Waals surface area contributed by atoms with E-state index in [0.29, 0.717) is 11.5 Å². The van der Waals surface area contributed by atoms with Gasteiger partial charge in [-0.05, 0) is 47.2 Å². The average Bonchev–Trinajstić information content (AvgIpc) is 2.86. The third-order valence-electron chi connectivity index (χ3n) is 2.78. The summed E-state index contributed by atoms with van der Waals surface area (Å²) in [4.78, 5) is 0. The SMILES string of the molecule is CC(Nc1ccc2nnnn2n1)c1cccc(F)c1. The molecule has 1 atom stereocenters. The molecule has 6 nitrogen and oxygen atoms in total. The van der Waals surface area contributed by atoms with Crippen molar-refractivity contribution in [3.05, 3.63) is 47.8 Å². The molecule has 1 aromatic carbocycles. The summed E-state index contributed by atoms with van der Waals surface area (Å²) in [6.45, 7) is 1.93. The molecule has 0 bridgehead atoms. The van der Waals surface area contributed by atoms with Gasteiger partial charge in [-0.2, -0.15) is 0 Å². The predicted octanol–water partition coefficient (Wildman–Crippen LogP) is 1.83. The maximum Gasteiger partial charge on any atom is 0.200 e. The van der Waals surface area contributed by atoms with Crippen LogP contribution in [0, 0.1) is 5.82 Å². The molecule has 0 saturated heterocycles. The Morgan fingerprint density at radius 2 is 2.16 bits per heavy atom. The normalized spacial score (nSPS) is 12.5. The van der Waals surface area contributed by atoms with Crippen LogP contribution in [0.15, 0.2) is 36.4 Å². The molecule has 3 rings (SSSR count). The highest BCUT2D eigenvalue weighted by Crippen LogP contribution is 2.18. The minimum absolute atomic E-state index is 0.0721. The Balaban J connectivity index is 1.83. The molecule has 0 amide bonds. The Labute approximate surface area is 108 Å². The van der Waals surface area contributed by atoms with E-state index in [1.807, 2.05) is 13.0 Å². The Kier molecular flexibility index (Phi) is 2.79. The number of halogens is 1. The van der Waals surface area contributed by atoms with Gasteiger partial charge >= 0.3 is 0 Å². The van der Waals surface area contributed by atoms with Crippen molar-refractivity contribution in [1.82, 2.24) is 25.3 Å². The summed E-state index contributed by atoms with van der Waals surface area (Å²) in [5.41, 5.74) is 1.42. The first-order valence-electron chi connectivity index (χ1n) is 5.80. The van der Waals surface area contributed by atoms with Crippen molar-refractivity contribution >= 4 is 11.5 Å². The molecule has 0 aliphatic rings. The molecule has 19 heavy (non-hydrogen) atoms. The van der Waals surface area contributed by atoms with E-state index in [-0.39, 0.29) is 11.9 Å². The molecule has 0 aliphatic heterocycles. The van der Waals surface area contributed by atoms with Crippen LogP contribution in [0.5, 0.6) is 0 Å². The molecule has 1 unspecified atom stereocenters. The second-order valence-electron chi connectivity index (χ2n) is 4.17. The van der Waals surface area contributed by atoms with Crippen LogP contribution in [0.1, 0.15) is 18.5 Å². The van der Waals surface area contributed by atoms with Gasteiger partial charge in [-0.25, -0.2) is 4.39 Å². The standard InChI is InChI=1S/C12H11FN6/c1-8(9-3-2-4-10(13)7-9)14-11-5-6-12-15-17-18-19(12)16-11/h2-8H,1H3,(H,14,16). The van der Waals surface area contributed by atoms with Crippen molar-refractivity contribution in [3.8, 4) is 0 Å². The molecular weight excluding hydrogens is 247 g/mol. The zero-order chi connectivity index (χ0) is 13.2. The van der Waals surface area contributed by atoms with Crippen LogP contribution in [0.2, 0.25) is 0 Å². The number of rotatable bonds is 3. The number of tetrazole rings is 1. The van der Waals surface area contributed by atoms with Crippen LogP contribution in [-0.2, 0) is 0 Å². The Morgan fingerprint density at radius 3 is 3.00 bits per heavy atom. The van der Waals surface area contributed by atoms with Gasteiger partial charge in [-0.3, -0.25) is 0 Å². The van der Waals surface area contributed by atoms with Crippen LogP contribution in [0.3, 0.4) is 0 Å². The topological polar surface area (TPSA) is 68.0 Å². The fourth-order valence-corrected chi connectivity index (χ4v) is 1.81. The van der Waals surface area contributed by atoms with Crippen LogP contribution in [0.25, 0.3) is 5.65 Å². The van der Waals surface area contributed by atoms with Crippen molar-refractivity contribution in [2.75, 3.05) is 5.32 Å². The van der Waals surface area contributed by atoms with Gasteiger partial charge in [0.15, 0.2) is 5.65 Å².